The summed E-state index contributed by atoms with van der Waals surface area (Å²) < 4.78 is 15.7. The highest BCUT2D eigenvalue weighted by Crippen LogP contribution is 2.32. The van der Waals surface area contributed by atoms with Crippen LogP contribution in [-0.2, 0) is 5.41 Å². The van der Waals surface area contributed by atoms with Gasteiger partial charge in [-0.3, -0.25) is 4.79 Å². The first-order valence-electron chi connectivity index (χ1n) is 6.62. The molecule has 3 rings (SSSR count). The van der Waals surface area contributed by atoms with Crippen LogP contribution in [0.2, 0.25) is 0 Å². The number of carbonyl (C=O) groups excluding carboxylic acids is 1. The normalized spacial score (nSPS) is 13.3. The Morgan fingerprint density at radius 3 is 2.67 bits per heavy atom. The van der Waals surface area contributed by atoms with E-state index in [9.17, 15) is 4.79 Å². The number of fused-ring (bicyclic) bond motifs is 1. The van der Waals surface area contributed by atoms with Crippen LogP contribution < -0.4 is 14.8 Å². The lowest BCUT2D eigenvalue weighted by atomic mass is 9.93. The molecule has 0 saturated heterocycles. The maximum absolute atomic E-state index is 12.2. The molecule has 0 fully saturated rings. The predicted octanol–water partition coefficient (Wildman–Crippen LogP) is 2.95. The van der Waals surface area contributed by atoms with Gasteiger partial charge in [0.15, 0.2) is 17.3 Å². The maximum atomic E-state index is 12.2. The molecule has 6 heteroatoms. The van der Waals surface area contributed by atoms with Crippen LogP contribution in [0.15, 0.2) is 28.8 Å². The second-order valence-electron chi connectivity index (χ2n) is 5.85. The molecule has 6 nitrogen and oxygen atoms in total. The maximum Gasteiger partial charge on any atom is 0.257 e. The molecule has 1 aliphatic rings. The number of nitrogens with zero attached hydrogens (tertiary/aromatic N) is 1. The van der Waals surface area contributed by atoms with Crippen molar-refractivity contribution in [3.05, 3.63) is 35.6 Å². The van der Waals surface area contributed by atoms with Gasteiger partial charge in [0, 0.05) is 17.0 Å². The molecule has 0 atom stereocenters. The molecule has 0 saturated carbocycles. The number of benzene rings is 1. The van der Waals surface area contributed by atoms with E-state index in [1.54, 1.807) is 24.3 Å². The lowest BCUT2D eigenvalue weighted by Crippen LogP contribution is -2.12. The van der Waals surface area contributed by atoms with Crippen molar-refractivity contribution >= 4 is 11.7 Å². The van der Waals surface area contributed by atoms with Crippen molar-refractivity contribution in [1.82, 2.24) is 5.16 Å². The summed E-state index contributed by atoms with van der Waals surface area (Å²) in [5.74, 6) is 2.04. The Morgan fingerprint density at radius 1 is 1.19 bits per heavy atom. The number of amides is 1. The van der Waals surface area contributed by atoms with Crippen molar-refractivity contribution < 1.29 is 18.8 Å². The third-order valence-electron chi connectivity index (χ3n) is 3.13. The summed E-state index contributed by atoms with van der Waals surface area (Å²) in [7, 11) is 0. The fourth-order valence-corrected chi connectivity index (χ4v) is 1.91. The molecule has 0 spiro atoms. The first-order chi connectivity index (χ1) is 9.93. The Kier molecular flexibility index (Phi) is 3.08. The van der Waals surface area contributed by atoms with Crippen LogP contribution >= 0.6 is 0 Å². The Morgan fingerprint density at radius 2 is 1.95 bits per heavy atom. The van der Waals surface area contributed by atoms with Gasteiger partial charge in [-0.1, -0.05) is 25.9 Å². The molecule has 2 aromatic rings. The first kappa shape index (κ1) is 13.5. The number of hydrogen-bond donors (Lipinski definition) is 1. The minimum Gasteiger partial charge on any atom is -0.454 e. The van der Waals surface area contributed by atoms with E-state index in [-0.39, 0.29) is 18.1 Å². The number of anilines is 1. The fourth-order valence-electron chi connectivity index (χ4n) is 1.91. The number of hydrogen-bond acceptors (Lipinski definition) is 5. The minimum absolute atomic E-state index is 0.158. The van der Waals surface area contributed by atoms with Gasteiger partial charge in [-0.25, -0.2) is 0 Å². The molecule has 1 N–H and O–H groups in total. The van der Waals surface area contributed by atoms with Crippen LogP contribution in [0.25, 0.3) is 0 Å². The zero-order chi connectivity index (χ0) is 15.0. The number of carbonyl (C=O) groups is 1. The number of ether oxygens (including phenoxy) is 2. The highest BCUT2D eigenvalue weighted by molar-refractivity contribution is 6.04. The topological polar surface area (TPSA) is 73.6 Å². The van der Waals surface area contributed by atoms with E-state index in [2.05, 4.69) is 10.5 Å². The molecule has 0 radical (unpaired) electrons. The van der Waals surface area contributed by atoms with Gasteiger partial charge in [0.05, 0.1) is 0 Å². The lowest BCUT2D eigenvalue weighted by Gasteiger charge is -2.12. The number of nitrogens with one attached hydrogen (secondary N) is 1. The Hall–Kier alpha value is -2.50. The van der Waals surface area contributed by atoms with Gasteiger partial charge < -0.3 is 19.3 Å². The largest absolute Gasteiger partial charge is 0.454 e. The summed E-state index contributed by atoms with van der Waals surface area (Å²) in [6.07, 6.45) is 0. The molecule has 1 amide bonds. The smallest absolute Gasteiger partial charge is 0.257 e. The zero-order valence-corrected chi connectivity index (χ0v) is 12.1. The molecule has 21 heavy (non-hydrogen) atoms. The van der Waals surface area contributed by atoms with Crippen LogP contribution in [0.3, 0.4) is 0 Å². The third-order valence-corrected chi connectivity index (χ3v) is 3.13. The summed E-state index contributed by atoms with van der Waals surface area (Å²) in [6, 6.07) is 6.75. The molecular formula is C15H16N2O4. The van der Waals surface area contributed by atoms with Gasteiger partial charge in [-0.05, 0) is 18.2 Å². The number of aromatic nitrogens is 1. The van der Waals surface area contributed by atoms with Gasteiger partial charge in [-0.2, -0.15) is 0 Å². The van der Waals surface area contributed by atoms with Crippen LogP contribution in [-0.4, -0.2) is 17.9 Å². The second kappa shape index (κ2) is 4.80. The van der Waals surface area contributed by atoms with Crippen molar-refractivity contribution in [3.8, 4) is 11.5 Å². The monoisotopic (exact) mass is 288 g/mol. The first-order valence-corrected chi connectivity index (χ1v) is 6.62. The average Bonchev–Trinajstić information content (AvgIpc) is 3.04. The van der Waals surface area contributed by atoms with Crippen molar-refractivity contribution in [2.24, 2.45) is 0 Å². The molecule has 1 aromatic heterocycles. The molecule has 110 valence electrons. The van der Waals surface area contributed by atoms with Gasteiger partial charge in [0.25, 0.3) is 5.91 Å². The van der Waals surface area contributed by atoms with Crippen LogP contribution in [0.4, 0.5) is 5.82 Å². The molecule has 1 aliphatic heterocycles. The summed E-state index contributed by atoms with van der Waals surface area (Å²) in [5, 5.41) is 6.56. The summed E-state index contributed by atoms with van der Waals surface area (Å²) in [5.41, 5.74) is 0.314. The highest BCUT2D eigenvalue weighted by atomic mass is 16.7. The van der Waals surface area contributed by atoms with Gasteiger partial charge in [0.2, 0.25) is 6.79 Å². The van der Waals surface area contributed by atoms with E-state index < -0.39 is 0 Å². The number of rotatable bonds is 2. The average molecular weight is 288 g/mol. The molecule has 0 aliphatic carbocycles. The Bertz CT molecular complexity index is 685. The summed E-state index contributed by atoms with van der Waals surface area (Å²) >= 11 is 0. The molecular weight excluding hydrogens is 272 g/mol. The van der Waals surface area contributed by atoms with Gasteiger partial charge >= 0.3 is 0 Å². The summed E-state index contributed by atoms with van der Waals surface area (Å²) in [4.78, 5) is 12.2. The second-order valence-corrected chi connectivity index (χ2v) is 5.85. The Labute approximate surface area is 122 Å². The zero-order valence-electron chi connectivity index (χ0n) is 12.1. The van der Waals surface area contributed by atoms with E-state index in [0.717, 1.165) is 0 Å². The van der Waals surface area contributed by atoms with Crippen molar-refractivity contribution in [1.29, 1.82) is 0 Å². The minimum atomic E-state index is -0.276. The van der Waals surface area contributed by atoms with Crippen molar-refractivity contribution in [2.45, 2.75) is 26.2 Å². The standard InChI is InChI=1S/C15H16N2O4/c1-15(2,3)12-7-13(17-21-12)16-14(18)9-4-5-10-11(6-9)20-8-19-10/h4-7H,8H2,1-3H3,(H,16,17,18). The highest BCUT2D eigenvalue weighted by Gasteiger charge is 2.21. The van der Waals surface area contributed by atoms with Crippen molar-refractivity contribution in [2.75, 3.05) is 12.1 Å². The quantitative estimate of drug-likeness (QED) is 0.919. The Balaban J connectivity index is 1.76. The molecule has 0 unspecified atom stereocenters. The third kappa shape index (κ3) is 2.69. The van der Waals surface area contributed by atoms with E-state index >= 15 is 0 Å². The summed E-state index contributed by atoms with van der Waals surface area (Å²) in [6.45, 7) is 6.21. The van der Waals surface area contributed by atoms with E-state index in [0.29, 0.717) is 28.6 Å². The van der Waals surface area contributed by atoms with E-state index in [1.807, 2.05) is 20.8 Å². The van der Waals surface area contributed by atoms with Crippen LogP contribution in [0.1, 0.15) is 36.9 Å². The van der Waals surface area contributed by atoms with Crippen LogP contribution in [0.5, 0.6) is 11.5 Å². The van der Waals surface area contributed by atoms with E-state index in [4.69, 9.17) is 14.0 Å². The molecule has 1 aromatic carbocycles. The predicted molar refractivity (Wildman–Crippen MR) is 75.7 cm³/mol. The lowest BCUT2D eigenvalue weighted by molar-refractivity contribution is 0.102. The molecule has 0 bridgehead atoms. The van der Waals surface area contributed by atoms with E-state index in [1.165, 1.54) is 0 Å². The van der Waals surface area contributed by atoms with Gasteiger partial charge in [0.1, 0.15) is 5.76 Å². The SMILES string of the molecule is CC(C)(C)c1cc(NC(=O)c2ccc3c(c2)OCO3)no1. The van der Waals surface area contributed by atoms with Crippen molar-refractivity contribution in [3.63, 3.8) is 0 Å². The van der Waals surface area contributed by atoms with Gasteiger partial charge in [-0.15, -0.1) is 0 Å². The molecule has 2 heterocycles. The van der Waals surface area contributed by atoms with Crippen LogP contribution in [0, 0.1) is 0 Å². The fraction of sp³-hybridized carbons (Fsp3) is 0.333.